The van der Waals surface area contributed by atoms with Gasteiger partial charge in [0.1, 0.15) is 0 Å². The lowest BCUT2D eigenvalue weighted by molar-refractivity contribution is 0.0958. The summed E-state index contributed by atoms with van der Waals surface area (Å²) in [6.45, 7) is 7.15. The highest BCUT2D eigenvalue weighted by atomic mass is 16.2. The van der Waals surface area contributed by atoms with Gasteiger partial charge in [0.25, 0.3) is 5.91 Å². The van der Waals surface area contributed by atoms with Crippen LogP contribution < -0.4 is 4.90 Å². The van der Waals surface area contributed by atoms with Gasteiger partial charge in [-0.15, -0.1) is 0 Å². The zero-order valence-corrected chi connectivity index (χ0v) is 17.9. The second-order valence-corrected chi connectivity index (χ2v) is 8.37. The lowest BCUT2D eigenvalue weighted by Gasteiger charge is -2.38. The number of benzene rings is 3. The van der Waals surface area contributed by atoms with Crippen LogP contribution in [0.5, 0.6) is 0 Å². The Hall–Kier alpha value is -2.91. The molecule has 4 rings (SSSR count). The molecular weight excluding hydrogens is 368 g/mol. The lowest BCUT2D eigenvalue weighted by Crippen LogP contribution is -2.47. The maximum absolute atomic E-state index is 13.5. The van der Waals surface area contributed by atoms with Gasteiger partial charge < -0.3 is 4.90 Å². The highest BCUT2D eigenvalue weighted by Crippen LogP contribution is 2.26. The van der Waals surface area contributed by atoms with Gasteiger partial charge >= 0.3 is 0 Å². The third-order valence-corrected chi connectivity index (χ3v) is 6.00. The first-order chi connectivity index (χ1) is 14.6. The number of para-hydroxylation sites is 1. The zero-order valence-electron chi connectivity index (χ0n) is 17.9. The molecule has 3 aromatic rings. The highest BCUT2D eigenvalue weighted by Gasteiger charge is 2.29. The van der Waals surface area contributed by atoms with Crippen molar-refractivity contribution in [3.63, 3.8) is 0 Å². The number of anilines is 1. The molecule has 1 saturated heterocycles. The van der Waals surface area contributed by atoms with Crippen LogP contribution in [0.2, 0.25) is 0 Å². The van der Waals surface area contributed by atoms with Crippen molar-refractivity contribution in [2.24, 2.45) is 0 Å². The number of aryl methyl sites for hydroxylation is 2. The molecule has 0 spiro atoms. The summed E-state index contributed by atoms with van der Waals surface area (Å²) in [5.74, 6) is 0.0955. The number of carbonyl (C=O) groups excluding carboxylic acids is 1. The van der Waals surface area contributed by atoms with Crippen LogP contribution >= 0.6 is 0 Å². The van der Waals surface area contributed by atoms with E-state index in [0.29, 0.717) is 0 Å². The molecule has 1 fully saturated rings. The predicted molar refractivity (Wildman–Crippen MR) is 124 cm³/mol. The van der Waals surface area contributed by atoms with Gasteiger partial charge in [0.05, 0.1) is 0 Å². The van der Waals surface area contributed by atoms with Crippen LogP contribution in [0.4, 0.5) is 5.69 Å². The lowest BCUT2D eigenvalue weighted by atomic mass is 10.00. The van der Waals surface area contributed by atoms with Crippen LogP contribution in [0, 0.1) is 13.8 Å². The molecule has 0 aliphatic carbocycles. The van der Waals surface area contributed by atoms with Gasteiger partial charge in [-0.2, -0.15) is 0 Å². The Balaban J connectivity index is 1.49. The number of carbonyl (C=O) groups is 1. The maximum atomic E-state index is 13.5. The zero-order chi connectivity index (χ0) is 20.9. The minimum absolute atomic E-state index is 0.0955. The van der Waals surface area contributed by atoms with Gasteiger partial charge in [0.2, 0.25) is 0 Å². The first-order valence-electron chi connectivity index (χ1n) is 10.8. The van der Waals surface area contributed by atoms with Crippen LogP contribution in [0.25, 0.3) is 0 Å². The fourth-order valence-electron chi connectivity index (χ4n) is 4.21. The average molecular weight is 399 g/mol. The van der Waals surface area contributed by atoms with E-state index in [-0.39, 0.29) is 11.9 Å². The van der Waals surface area contributed by atoms with E-state index in [2.05, 4.69) is 36.1 Å². The van der Waals surface area contributed by atoms with Crippen molar-refractivity contribution in [3.8, 4) is 0 Å². The summed E-state index contributed by atoms with van der Waals surface area (Å²) in [5, 5.41) is 0. The van der Waals surface area contributed by atoms with Crippen LogP contribution in [0.15, 0.2) is 78.9 Å². The van der Waals surface area contributed by atoms with Gasteiger partial charge in [-0.25, -0.2) is 0 Å². The molecule has 3 aromatic carbocycles. The second-order valence-electron chi connectivity index (χ2n) is 8.37. The third-order valence-electron chi connectivity index (χ3n) is 6.00. The predicted octanol–water partition coefficient (Wildman–Crippen LogP) is 5.61. The van der Waals surface area contributed by atoms with E-state index >= 15 is 0 Å². The molecule has 1 aliphatic heterocycles. The highest BCUT2D eigenvalue weighted by molar-refractivity contribution is 6.06. The number of hydrogen-bond acceptors (Lipinski definition) is 2. The summed E-state index contributed by atoms with van der Waals surface area (Å²) in [6.07, 6.45) is 1.97. The second kappa shape index (κ2) is 9.27. The molecule has 0 unspecified atom stereocenters. The molecule has 0 N–H and O–H groups in total. The Kier molecular flexibility index (Phi) is 6.29. The molecule has 0 aromatic heterocycles. The van der Waals surface area contributed by atoms with Gasteiger partial charge in [0, 0.05) is 36.9 Å². The summed E-state index contributed by atoms with van der Waals surface area (Å²) >= 11 is 0. The quantitative estimate of drug-likeness (QED) is 0.557. The van der Waals surface area contributed by atoms with Crippen LogP contribution in [-0.2, 0) is 6.54 Å². The summed E-state index contributed by atoms with van der Waals surface area (Å²) in [7, 11) is 0. The number of piperidine rings is 1. The van der Waals surface area contributed by atoms with Crippen molar-refractivity contribution in [3.05, 3.63) is 101 Å². The summed E-state index contributed by atoms with van der Waals surface area (Å²) in [6, 6.07) is 27.1. The number of rotatable bonds is 5. The van der Waals surface area contributed by atoms with E-state index in [1.807, 2.05) is 66.4 Å². The molecule has 154 valence electrons. The number of nitrogens with zero attached hydrogens (tertiary/aromatic N) is 2. The Morgan fingerprint density at radius 2 is 1.40 bits per heavy atom. The minimum atomic E-state index is 0.0955. The number of likely N-dealkylation sites (tertiary alicyclic amines) is 1. The molecular formula is C27H30N2O. The molecule has 3 nitrogen and oxygen atoms in total. The largest absolute Gasteiger partial charge is 0.305 e. The van der Waals surface area contributed by atoms with Crippen molar-refractivity contribution in [2.45, 2.75) is 39.3 Å². The molecule has 0 radical (unpaired) electrons. The first-order valence-corrected chi connectivity index (χ1v) is 10.8. The molecule has 0 saturated carbocycles. The van der Waals surface area contributed by atoms with Crippen LogP contribution in [0.1, 0.15) is 39.9 Å². The van der Waals surface area contributed by atoms with Crippen LogP contribution in [-0.4, -0.2) is 29.9 Å². The van der Waals surface area contributed by atoms with E-state index in [0.717, 1.165) is 43.7 Å². The van der Waals surface area contributed by atoms with Crippen molar-refractivity contribution in [1.29, 1.82) is 0 Å². The fraction of sp³-hybridized carbons (Fsp3) is 0.296. The third kappa shape index (κ3) is 4.80. The minimum Gasteiger partial charge on any atom is -0.305 e. The molecule has 1 amide bonds. The van der Waals surface area contributed by atoms with E-state index < -0.39 is 0 Å². The number of amides is 1. The molecule has 0 atom stereocenters. The molecule has 1 heterocycles. The Bertz CT molecular complexity index is 956. The van der Waals surface area contributed by atoms with Gasteiger partial charge in [0.15, 0.2) is 0 Å². The normalized spacial score (nSPS) is 15.1. The van der Waals surface area contributed by atoms with E-state index in [9.17, 15) is 4.79 Å². The Morgan fingerprint density at radius 3 is 2.00 bits per heavy atom. The molecule has 0 bridgehead atoms. The number of hydrogen-bond donors (Lipinski definition) is 0. The topological polar surface area (TPSA) is 23.6 Å². The Labute approximate surface area is 180 Å². The van der Waals surface area contributed by atoms with Crippen molar-refractivity contribution in [2.75, 3.05) is 18.0 Å². The molecule has 30 heavy (non-hydrogen) atoms. The van der Waals surface area contributed by atoms with E-state index in [1.165, 1.54) is 16.7 Å². The van der Waals surface area contributed by atoms with E-state index in [4.69, 9.17) is 0 Å². The summed E-state index contributed by atoms with van der Waals surface area (Å²) in [5.41, 5.74) is 5.56. The van der Waals surface area contributed by atoms with E-state index in [1.54, 1.807) is 0 Å². The fourth-order valence-corrected chi connectivity index (χ4v) is 4.21. The van der Waals surface area contributed by atoms with Crippen molar-refractivity contribution >= 4 is 11.6 Å². The van der Waals surface area contributed by atoms with Gasteiger partial charge in [-0.05, 0) is 56.5 Å². The first kappa shape index (κ1) is 20.4. The summed E-state index contributed by atoms with van der Waals surface area (Å²) in [4.78, 5) is 18.0. The smallest absolute Gasteiger partial charge is 0.258 e. The SMILES string of the molecule is Cc1ccc(CN2CCC(N(C(=O)c3ccc(C)cc3)c3ccccc3)CC2)cc1. The maximum Gasteiger partial charge on any atom is 0.258 e. The molecule has 1 aliphatic rings. The average Bonchev–Trinajstić information content (AvgIpc) is 2.78. The van der Waals surface area contributed by atoms with Crippen molar-refractivity contribution in [1.82, 2.24) is 4.90 Å². The standard InChI is InChI=1S/C27H30N2O/c1-21-8-12-23(13-9-21)20-28-18-16-26(17-19-28)29(25-6-4-3-5-7-25)27(30)24-14-10-22(2)11-15-24/h3-15,26H,16-20H2,1-2H3. The van der Waals surface area contributed by atoms with Gasteiger partial charge in [-0.3, -0.25) is 9.69 Å². The summed E-state index contributed by atoms with van der Waals surface area (Å²) < 4.78 is 0. The van der Waals surface area contributed by atoms with Gasteiger partial charge in [-0.1, -0.05) is 65.7 Å². The molecule has 3 heteroatoms. The Morgan fingerprint density at radius 1 is 0.833 bits per heavy atom. The van der Waals surface area contributed by atoms with Crippen LogP contribution in [0.3, 0.4) is 0 Å². The van der Waals surface area contributed by atoms with Crippen molar-refractivity contribution < 1.29 is 4.79 Å². The monoisotopic (exact) mass is 398 g/mol.